The van der Waals surface area contributed by atoms with E-state index in [1.165, 1.54) is 18.2 Å². The van der Waals surface area contributed by atoms with E-state index in [1.807, 2.05) is 0 Å². The molecule has 2 N–H and O–H groups in total. The third kappa shape index (κ3) is 5.37. The monoisotopic (exact) mass is 218 g/mol. The van der Waals surface area contributed by atoms with E-state index in [-0.39, 0.29) is 40.7 Å². The van der Waals surface area contributed by atoms with Crippen LogP contribution in [0.4, 0.5) is 0 Å². The van der Waals surface area contributed by atoms with Crippen molar-refractivity contribution in [2.24, 2.45) is 0 Å². The van der Waals surface area contributed by atoms with Gasteiger partial charge in [0.05, 0.1) is 11.1 Å². The van der Waals surface area contributed by atoms with Gasteiger partial charge in [-0.1, -0.05) is 6.07 Å². The number of carboxylic acid groups (broad SMARTS) is 2. The van der Waals surface area contributed by atoms with Crippen LogP contribution in [0.25, 0.3) is 0 Å². The number of hydrogen-bond donors (Lipinski definition) is 2. The first-order valence-electron chi connectivity index (χ1n) is 3.68. The summed E-state index contributed by atoms with van der Waals surface area (Å²) in [5.41, 5.74) is -0.0372. The van der Waals surface area contributed by atoms with Crippen molar-refractivity contribution >= 4 is 41.5 Å². The predicted octanol–water partition coefficient (Wildman–Crippen LogP) is 1.24. The van der Waals surface area contributed by atoms with E-state index in [0.717, 1.165) is 6.07 Å². The Hall–Kier alpha value is -1.10. The summed E-state index contributed by atoms with van der Waals surface area (Å²) in [5.74, 6) is -2.25. The topological polar surface area (TPSA) is 74.6 Å². The van der Waals surface area contributed by atoms with E-state index >= 15 is 0 Å². The summed E-state index contributed by atoms with van der Waals surface area (Å²) >= 11 is 0. The quantitative estimate of drug-likeness (QED) is 0.578. The molecule has 0 aliphatic carbocycles. The van der Waals surface area contributed by atoms with Crippen molar-refractivity contribution in [2.75, 3.05) is 0 Å². The summed E-state index contributed by atoms with van der Waals surface area (Å²) < 4.78 is 0. The van der Waals surface area contributed by atoms with E-state index in [1.54, 1.807) is 0 Å². The Morgan fingerprint density at radius 2 is 1.33 bits per heavy atom. The molecule has 15 heavy (non-hydrogen) atoms. The van der Waals surface area contributed by atoms with Gasteiger partial charge in [0, 0.05) is 0 Å². The van der Waals surface area contributed by atoms with Crippen molar-refractivity contribution in [3.8, 4) is 0 Å². The third-order valence-corrected chi connectivity index (χ3v) is 1.36. The summed E-state index contributed by atoms with van der Waals surface area (Å²) in [7, 11) is 0. The van der Waals surface area contributed by atoms with E-state index in [4.69, 9.17) is 10.2 Å². The van der Waals surface area contributed by atoms with Crippen molar-refractivity contribution in [3.05, 3.63) is 48.6 Å². The van der Waals surface area contributed by atoms with Gasteiger partial charge in [-0.3, -0.25) is 0 Å². The summed E-state index contributed by atoms with van der Waals surface area (Å²) in [6.45, 7) is 6.00. The number of aromatic carboxylic acids is 2. The first kappa shape index (κ1) is 16.3. The van der Waals surface area contributed by atoms with Gasteiger partial charge >= 0.3 is 41.5 Å². The number of carboxylic acids is 2. The molecule has 0 aromatic heterocycles. The summed E-state index contributed by atoms with van der Waals surface area (Å²) in [5, 5.41) is 17.0. The zero-order valence-corrected chi connectivity index (χ0v) is 7.43. The molecule has 0 saturated heterocycles. The standard InChI is InChI=1S/C8H6O4.C2H4.Na.H/c9-7(10)5-2-1-3-6(4-5)8(11)12;1-2;;/h1-4H,(H,9,10)(H,11,12);1-2H2;;. The molecule has 76 valence electrons. The normalized spacial score (nSPS) is 7.73. The molecule has 0 heterocycles. The van der Waals surface area contributed by atoms with Gasteiger partial charge in [0.2, 0.25) is 0 Å². The Morgan fingerprint density at radius 1 is 1.00 bits per heavy atom. The molecule has 0 unspecified atom stereocenters. The van der Waals surface area contributed by atoms with Gasteiger partial charge < -0.3 is 10.2 Å². The fraction of sp³-hybridized carbons (Fsp3) is 0. The molecule has 1 aromatic carbocycles. The van der Waals surface area contributed by atoms with Gasteiger partial charge in [-0.25, -0.2) is 9.59 Å². The fourth-order valence-corrected chi connectivity index (χ4v) is 0.785. The first-order chi connectivity index (χ1) is 6.61. The molecule has 4 nitrogen and oxygen atoms in total. The van der Waals surface area contributed by atoms with Crippen molar-refractivity contribution in [1.29, 1.82) is 0 Å². The molecular weight excluding hydrogens is 207 g/mol. The zero-order valence-electron chi connectivity index (χ0n) is 7.43. The van der Waals surface area contributed by atoms with Crippen LogP contribution in [0.2, 0.25) is 0 Å². The Morgan fingerprint density at radius 3 is 1.60 bits per heavy atom. The predicted molar refractivity (Wildman–Crippen MR) is 58.8 cm³/mol. The van der Waals surface area contributed by atoms with Crippen LogP contribution in [-0.2, 0) is 0 Å². The maximum atomic E-state index is 10.4. The Kier molecular flexibility index (Phi) is 8.96. The van der Waals surface area contributed by atoms with Gasteiger partial charge in [0.1, 0.15) is 0 Å². The van der Waals surface area contributed by atoms with Crippen LogP contribution in [0.3, 0.4) is 0 Å². The molecule has 0 bridgehead atoms. The fourth-order valence-electron chi connectivity index (χ4n) is 0.785. The van der Waals surface area contributed by atoms with Crippen molar-refractivity contribution < 1.29 is 19.8 Å². The summed E-state index contributed by atoms with van der Waals surface area (Å²) in [4.78, 5) is 20.8. The van der Waals surface area contributed by atoms with Gasteiger partial charge in [0.25, 0.3) is 0 Å². The molecule has 0 atom stereocenters. The Labute approximate surface area is 110 Å². The SMILES string of the molecule is C=C.O=C(O)c1cccc(C(=O)O)c1.[NaH]. The average Bonchev–Trinajstić information content (AvgIpc) is 2.21. The van der Waals surface area contributed by atoms with E-state index < -0.39 is 11.9 Å². The minimum atomic E-state index is -1.13. The van der Waals surface area contributed by atoms with Crippen LogP contribution in [0, 0.1) is 0 Å². The molecule has 0 amide bonds. The van der Waals surface area contributed by atoms with Crippen LogP contribution in [0.5, 0.6) is 0 Å². The third-order valence-electron chi connectivity index (χ3n) is 1.36. The van der Waals surface area contributed by atoms with E-state index in [2.05, 4.69) is 13.2 Å². The Bertz CT molecular complexity index is 320. The Balaban J connectivity index is 0. The molecule has 1 rings (SSSR count). The van der Waals surface area contributed by atoms with Crippen molar-refractivity contribution in [1.82, 2.24) is 0 Å². The number of hydrogen-bond acceptors (Lipinski definition) is 2. The van der Waals surface area contributed by atoms with Gasteiger partial charge in [-0.15, -0.1) is 13.2 Å². The maximum absolute atomic E-state index is 10.4. The van der Waals surface area contributed by atoms with Crippen molar-refractivity contribution in [3.63, 3.8) is 0 Å². The second-order valence-corrected chi connectivity index (χ2v) is 2.19. The summed E-state index contributed by atoms with van der Waals surface area (Å²) in [6.07, 6.45) is 0. The number of rotatable bonds is 2. The van der Waals surface area contributed by atoms with Crippen LogP contribution >= 0.6 is 0 Å². The second kappa shape index (κ2) is 8.23. The van der Waals surface area contributed by atoms with Crippen LogP contribution in [0.1, 0.15) is 20.7 Å². The number of carbonyl (C=O) groups is 2. The molecule has 5 heteroatoms. The summed E-state index contributed by atoms with van der Waals surface area (Å²) in [6, 6.07) is 5.20. The molecule has 0 aliphatic heterocycles. The van der Waals surface area contributed by atoms with Crippen LogP contribution in [0.15, 0.2) is 37.4 Å². The second-order valence-electron chi connectivity index (χ2n) is 2.19. The molecular formula is C10H11NaO4. The molecule has 0 fully saturated rings. The van der Waals surface area contributed by atoms with Crippen LogP contribution < -0.4 is 0 Å². The minimum absolute atomic E-state index is 0. The first-order valence-corrected chi connectivity index (χ1v) is 3.68. The number of benzene rings is 1. The van der Waals surface area contributed by atoms with E-state index in [0.29, 0.717) is 0 Å². The van der Waals surface area contributed by atoms with E-state index in [9.17, 15) is 9.59 Å². The van der Waals surface area contributed by atoms with Crippen LogP contribution in [-0.4, -0.2) is 51.7 Å². The molecule has 0 aliphatic rings. The zero-order chi connectivity index (χ0) is 11.1. The molecule has 0 radical (unpaired) electrons. The van der Waals surface area contributed by atoms with Gasteiger partial charge in [-0.2, -0.15) is 0 Å². The average molecular weight is 218 g/mol. The molecule has 0 spiro atoms. The van der Waals surface area contributed by atoms with Gasteiger partial charge in [0.15, 0.2) is 0 Å². The molecule has 1 aromatic rings. The molecule has 0 saturated carbocycles. The van der Waals surface area contributed by atoms with Gasteiger partial charge in [-0.05, 0) is 18.2 Å². The van der Waals surface area contributed by atoms with Crippen molar-refractivity contribution in [2.45, 2.75) is 0 Å².